The molecule has 2 amide bonds. The Morgan fingerprint density at radius 2 is 1.08 bits per heavy atom. The van der Waals surface area contributed by atoms with Gasteiger partial charge in [-0.3, -0.25) is 19.2 Å². The predicted octanol–water partition coefficient (Wildman–Crippen LogP) is 11.4. The normalized spacial score (nSPS) is 11.9. The molecular weight excluding hydrogens is 835 g/mol. The summed E-state index contributed by atoms with van der Waals surface area (Å²) in [5.41, 5.74) is 9.50. The highest BCUT2D eigenvalue weighted by Gasteiger charge is 2.28. The quantitative estimate of drug-likeness (QED) is 0.0915. The van der Waals surface area contributed by atoms with E-state index in [0.717, 1.165) is 45.3 Å². The van der Waals surface area contributed by atoms with Crippen LogP contribution in [0.2, 0.25) is 0 Å². The van der Waals surface area contributed by atoms with Crippen LogP contribution in [0.5, 0.6) is 0 Å². The minimum Gasteiger partial charge on any atom is -0.325 e. The molecule has 0 spiro atoms. The lowest BCUT2D eigenvalue weighted by molar-refractivity contribution is -0.118. The van der Waals surface area contributed by atoms with Crippen molar-refractivity contribution in [2.45, 2.75) is 64.8 Å². The number of amides is 2. The Labute approximate surface area is 388 Å². The van der Waals surface area contributed by atoms with Gasteiger partial charge < -0.3 is 20.6 Å². The number of nitrogens with one attached hydrogen (secondary N) is 5. The minimum absolute atomic E-state index is 0. The zero-order valence-corrected chi connectivity index (χ0v) is 38.0. The number of hydrogen-bond donors (Lipinski definition) is 5. The Hall–Kier alpha value is -7.41. The summed E-state index contributed by atoms with van der Waals surface area (Å²) in [5.74, 6) is -0.604. The first-order valence-electron chi connectivity index (χ1n) is 21.2. The van der Waals surface area contributed by atoms with E-state index in [1.807, 2.05) is 120 Å². The van der Waals surface area contributed by atoms with E-state index in [-0.39, 0.29) is 36.4 Å². The highest BCUT2D eigenvalue weighted by atomic mass is 32.2. The van der Waals surface area contributed by atoms with Crippen LogP contribution in [0.3, 0.4) is 0 Å². The van der Waals surface area contributed by atoms with Crippen LogP contribution >= 0.6 is 0 Å². The van der Waals surface area contributed by atoms with Gasteiger partial charge in [0.1, 0.15) is 6.04 Å². The summed E-state index contributed by atoms with van der Waals surface area (Å²) in [5, 5.41) is 7.61. The summed E-state index contributed by atoms with van der Waals surface area (Å²) < 4.78 is 29.1. The molecule has 0 saturated carbocycles. The molecule has 0 aliphatic heterocycles. The standard InChI is InChI=1S/C25H23N3O4S.C18H21NO.C10H9NO.6H2/c1-16-7-6-8-17(2)23(16)27-25(30)24(18-9-4-3-5-10-18)28-33(31,32)20-12-13-21-19(15-20)11-14-22(29)26-21;1-4-15-12-8-9-13(2)17(15)19-18(20)14(3)16-10-6-5-7-11-16;1-7-2-4-9-8(6-7)3-5-10(12)11-9;;;;;;/h3-15,24,28H,1-2H3,(H,26,29)(H,27,30);5-12,14H,4H2,1-3H3,(H,19,20);2-6H,1H3,(H,11,12);6*1H. The van der Waals surface area contributed by atoms with Gasteiger partial charge in [-0.05, 0) is 128 Å². The molecule has 2 atom stereocenters. The molecule has 11 nitrogen and oxygen atoms in total. The van der Waals surface area contributed by atoms with Gasteiger partial charge >= 0.3 is 0 Å². The Morgan fingerprint density at radius 1 is 0.569 bits per heavy atom. The number of para-hydroxylation sites is 2. The number of aromatic amines is 2. The second kappa shape index (κ2) is 21.3. The number of H-pyrrole nitrogens is 2. The average molecular weight is 900 g/mol. The number of rotatable bonds is 10. The van der Waals surface area contributed by atoms with E-state index in [1.54, 1.807) is 42.5 Å². The SMILES string of the molecule is CCc1cccc(C)c1NC(=O)C(C)c1ccccc1.Cc1ccc2[nH]c(=O)ccc2c1.Cc1cccc(C)c1NC(=O)C(NS(=O)(=O)c1ccc2[nH]c(=O)ccc2c1)c1ccccc1.[HH].[HH].[HH].[HH].[HH].[HH]. The number of hydrogen-bond acceptors (Lipinski definition) is 6. The molecule has 2 aromatic heterocycles. The van der Waals surface area contributed by atoms with Crippen molar-refractivity contribution in [1.29, 1.82) is 0 Å². The summed E-state index contributed by atoms with van der Waals surface area (Å²) in [6.45, 7) is 11.9. The maximum Gasteiger partial charge on any atom is 0.248 e. The third-order valence-corrected chi connectivity index (χ3v) is 12.4. The van der Waals surface area contributed by atoms with Gasteiger partial charge in [0, 0.05) is 43.1 Å². The van der Waals surface area contributed by atoms with Gasteiger partial charge in [0.25, 0.3) is 0 Å². The molecule has 0 fully saturated rings. The number of pyridine rings is 2. The van der Waals surface area contributed by atoms with Crippen LogP contribution in [0.4, 0.5) is 11.4 Å². The van der Waals surface area contributed by atoms with Crippen LogP contribution in [0.1, 0.15) is 73.3 Å². The maximum atomic E-state index is 13.3. The molecule has 344 valence electrons. The molecule has 0 bridgehead atoms. The van der Waals surface area contributed by atoms with Gasteiger partial charge in [0.2, 0.25) is 33.0 Å². The minimum atomic E-state index is -4.07. The first kappa shape index (κ1) is 47.1. The first-order chi connectivity index (χ1) is 31.1. The largest absolute Gasteiger partial charge is 0.325 e. The Kier molecular flexibility index (Phi) is 15.4. The molecule has 0 aliphatic carbocycles. The smallest absolute Gasteiger partial charge is 0.248 e. The molecule has 2 heterocycles. The fraction of sp³-hybridized carbons (Fsp3) is 0.170. The van der Waals surface area contributed by atoms with Crippen molar-refractivity contribution < 1.29 is 26.6 Å². The highest BCUT2D eigenvalue weighted by Crippen LogP contribution is 2.26. The van der Waals surface area contributed by atoms with Crippen molar-refractivity contribution >= 4 is 55.0 Å². The zero-order chi connectivity index (χ0) is 46.7. The van der Waals surface area contributed by atoms with Crippen molar-refractivity contribution in [2.24, 2.45) is 0 Å². The topological polar surface area (TPSA) is 170 Å². The number of sulfonamides is 1. The third-order valence-electron chi connectivity index (χ3n) is 11.0. The Bertz CT molecular complexity index is 3190. The zero-order valence-electron chi connectivity index (χ0n) is 37.2. The monoisotopic (exact) mass is 899 g/mol. The van der Waals surface area contributed by atoms with Gasteiger partial charge in [-0.1, -0.05) is 116 Å². The molecule has 0 radical (unpaired) electrons. The van der Waals surface area contributed by atoms with E-state index >= 15 is 0 Å². The highest BCUT2D eigenvalue weighted by molar-refractivity contribution is 7.89. The summed E-state index contributed by atoms with van der Waals surface area (Å²) >= 11 is 0. The number of aryl methyl sites for hydroxylation is 5. The van der Waals surface area contributed by atoms with E-state index in [0.29, 0.717) is 22.2 Å². The molecule has 12 heteroatoms. The van der Waals surface area contributed by atoms with Crippen LogP contribution in [0.25, 0.3) is 21.8 Å². The average Bonchev–Trinajstić information content (AvgIpc) is 3.30. The second-order valence-electron chi connectivity index (χ2n) is 15.8. The van der Waals surface area contributed by atoms with Crippen LogP contribution in [-0.4, -0.2) is 30.2 Å². The van der Waals surface area contributed by atoms with Crippen molar-refractivity contribution in [3.63, 3.8) is 0 Å². The summed E-state index contributed by atoms with van der Waals surface area (Å²) in [6.07, 6.45) is 0.914. The van der Waals surface area contributed by atoms with Gasteiger partial charge in [0.05, 0.1) is 10.8 Å². The van der Waals surface area contributed by atoms with Crippen molar-refractivity contribution in [3.05, 3.63) is 217 Å². The van der Waals surface area contributed by atoms with Gasteiger partial charge in [-0.25, -0.2) is 8.42 Å². The number of carbonyl (C=O) groups is 2. The second-order valence-corrected chi connectivity index (χ2v) is 17.5. The van der Waals surface area contributed by atoms with E-state index in [4.69, 9.17) is 0 Å². The first-order valence-corrected chi connectivity index (χ1v) is 22.7. The van der Waals surface area contributed by atoms with Gasteiger partial charge in [0.15, 0.2) is 0 Å². The molecule has 6 aromatic carbocycles. The summed E-state index contributed by atoms with van der Waals surface area (Å²) in [4.78, 5) is 53.5. The molecule has 2 unspecified atom stereocenters. The molecular formula is C53H65N5O6S. The van der Waals surface area contributed by atoms with Crippen LogP contribution in [0.15, 0.2) is 172 Å². The lowest BCUT2D eigenvalue weighted by Gasteiger charge is -2.20. The fourth-order valence-corrected chi connectivity index (χ4v) is 8.47. The summed E-state index contributed by atoms with van der Waals surface area (Å²) in [7, 11) is -4.07. The molecule has 5 N–H and O–H groups in total. The number of anilines is 2. The van der Waals surface area contributed by atoms with E-state index in [1.165, 1.54) is 35.4 Å². The van der Waals surface area contributed by atoms with Gasteiger partial charge in [-0.15, -0.1) is 0 Å². The Balaban J connectivity index is 0.00000111. The van der Waals surface area contributed by atoms with Crippen LogP contribution in [-0.2, 0) is 26.0 Å². The number of benzene rings is 6. The summed E-state index contributed by atoms with van der Waals surface area (Å²) in [6, 6.07) is 45.8. The van der Waals surface area contributed by atoms with Crippen LogP contribution < -0.4 is 26.5 Å². The van der Waals surface area contributed by atoms with Crippen molar-refractivity contribution in [2.75, 3.05) is 10.6 Å². The predicted molar refractivity (Wildman–Crippen MR) is 275 cm³/mol. The number of fused-ring (bicyclic) bond motifs is 2. The van der Waals surface area contributed by atoms with Gasteiger partial charge in [-0.2, -0.15) is 4.72 Å². The van der Waals surface area contributed by atoms with E-state index in [2.05, 4.69) is 38.3 Å². The van der Waals surface area contributed by atoms with Crippen molar-refractivity contribution in [3.8, 4) is 0 Å². The van der Waals surface area contributed by atoms with Crippen LogP contribution in [0, 0.1) is 27.7 Å². The number of carbonyl (C=O) groups excluding carboxylic acids is 2. The molecule has 0 aliphatic rings. The van der Waals surface area contributed by atoms with E-state index < -0.39 is 22.0 Å². The van der Waals surface area contributed by atoms with Crippen molar-refractivity contribution in [1.82, 2.24) is 14.7 Å². The maximum absolute atomic E-state index is 13.3. The van der Waals surface area contributed by atoms with E-state index in [9.17, 15) is 27.6 Å². The molecule has 8 aromatic rings. The Morgan fingerprint density at radius 3 is 1.66 bits per heavy atom. The molecule has 65 heavy (non-hydrogen) atoms. The lowest BCUT2D eigenvalue weighted by atomic mass is 9.99. The third kappa shape index (κ3) is 12.2. The number of aromatic nitrogens is 2. The molecule has 8 rings (SSSR count). The lowest BCUT2D eigenvalue weighted by Crippen LogP contribution is -2.37. The fourth-order valence-electron chi connectivity index (χ4n) is 7.25. The molecule has 0 saturated heterocycles.